The minimum absolute atomic E-state index is 0.179. The molecule has 2 fully saturated rings. The van der Waals surface area contributed by atoms with Gasteiger partial charge in [0, 0.05) is 11.8 Å². The van der Waals surface area contributed by atoms with Crippen molar-refractivity contribution in [2.75, 3.05) is 0 Å². The second kappa shape index (κ2) is 5.11. The molecule has 0 aromatic carbocycles. The number of rotatable bonds is 3. The van der Waals surface area contributed by atoms with Crippen molar-refractivity contribution < 1.29 is 10.2 Å². The summed E-state index contributed by atoms with van der Waals surface area (Å²) in [5.41, 5.74) is 3.43. The molecule has 4 nitrogen and oxygen atoms in total. The van der Waals surface area contributed by atoms with E-state index in [4.69, 9.17) is 0 Å². The van der Waals surface area contributed by atoms with Crippen molar-refractivity contribution in [3.05, 3.63) is 35.9 Å². The highest BCUT2D eigenvalue weighted by atomic mass is 16.3. The lowest BCUT2D eigenvalue weighted by Crippen LogP contribution is -2.24. The Hall–Kier alpha value is -1.39. The van der Waals surface area contributed by atoms with E-state index in [2.05, 4.69) is 17.2 Å². The van der Waals surface area contributed by atoms with E-state index < -0.39 is 6.10 Å². The summed E-state index contributed by atoms with van der Waals surface area (Å²) in [4.78, 5) is 4.23. The Kier molecular flexibility index (Phi) is 3.23. The van der Waals surface area contributed by atoms with Crippen molar-refractivity contribution in [2.24, 2.45) is 5.92 Å². The maximum absolute atomic E-state index is 11.0. The normalized spacial score (nSPS) is 27.9. The maximum atomic E-state index is 11.0. The van der Waals surface area contributed by atoms with Crippen molar-refractivity contribution in [2.45, 2.75) is 56.7 Å². The van der Waals surface area contributed by atoms with E-state index in [0.29, 0.717) is 5.92 Å². The van der Waals surface area contributed by atoms with E-state index >= 15 is 0 Å². The van der Waals surface area contributed by atoms with Gasteiger partial charge >= 0.3 is 0 Å². The second-order valence-corrected chi connectivity index (χ2v) is 6.66. The van der Waals surface area contributed by atoms with Crippen LogP contribution in [0.25, 0.3) is 5.52 Å². The van der Waals surface area contributed by atoms with Gasteiger partial charge in [0.2, 0.25) is 0 Å². The lowest BCUT2D eigenvalue weighted by atomic mass is 9.80. The van der Waals surface area contributed by atoms with Crippen molar-refractivity contribution in [3.8, 4) is 0 Å². The molecular formula is C17H22N2O2. The first kappa shape index (κ1) is 13.3. The maximum Gasteiger partial charge on any atom is 0.0992 e. The van der Waals surface area contributed by atoms with Crippen LogP contribution < -0.4 is 0 Å². The van der Waals surface area contributed by atoms with Crippen molar-refractivity contribution >= 4 is 5.52 Å². The zero-order chi connectivity index (χ0) is 14.4. The second-order valence-electron chi connectivity index (χ2n) is 6.66. The average molecular weight is 286 g/mol. The molecule has 0 amide bonds. The molecule has 4 rings (SSSR count). The van der Waals surface area contributed by atoms with Gasteiger partial charge in [-0.05, 0) is 62.0 Å². The van der Waals surface area contributed by atoms with Crippen molar-refractivity contribution in [1.82, 2.24) is 9.38 Å². The first-order valence-electron chi connectivity index (χ1n) is 8.04. The molecule has 2 saturated carbocycles. The Bertz CT molecular complexity index is 639. The molecule has 2 heterocycles. The lowest BCUT2D eigenvalue weighted by Gasteiger charge is -2.30. The zero-order valence-electron chi connectivity index (χ0n) is 12.2. The van der Waals surface area contributed by atoms with Gasteiger partial charge in [-0.3, -0.25) is 0 Å². The molecule has 0 bridgehead atoms. The number of pyridine rings is 1. The molecule has 0 aliphatic heterocycles. The van der Waals surface area contributed by atoms with Gasteiger partial charge in [0.1, 0.15) is 0 Å². The van der Waals surface area contributed by atoms with Gasteiger partial charge in [-0.2, -0.15) is 0 Å². The smallest absolute Gasteiger partial charge is 0.0992 e. The highest BCUT2D eigenvalue weighted by molar-refractivity contribution is 5.59. The van der Waals surface area contributed by atoms with Crippen molar-refractivity contribution in [3.63, 3.8) is 0 Å². The van der Waals surface area contributed by atoms with E-state index in [1.54, 1.807) is 6.33 Å². The van der Waals surface area contributed by atoms with Crippen LogP contribution in [0.3, 0.4) is 0 Å². The average Bonchev–Trinajstić information content (AvgIpc) is 3.23. The van der Waals surface area contributed by atoms with Gasteiger partial charge in [0.05, 0.1) is 30.2 Å². The quantitative estimate of drug-likeness (QED) is 0.912. The molecule has 1 atom stereocenters. The summed E-state index contributed by atoms with van der Waals surface area (Å²) >= 11 is 0. The van der Waals surface area contributed by atoms with Gasteiger partial charge in [-0.1, -0.05) is 0 Å². The van der Waals surface area contributed by atoms with Crippen LogP contribution in [0, 0.1) is 5.92 Å². The van der Waals surface area contributed by atoms with Crippen LogP contribution in [-0.4, -0.2) is 25.7 Å². The van der Waals surface area contributed by atoms with E-state index in [1.165, 1.54) is 18.4 Å². The molecule has 21 heavy (non-hydrogen) atoms. The summed E-state index contributed by atoms with van der Waals surface area (Å²) in [6.07, 6.45) is 11.0. The minimum atomic E-state index is -0.437. The Labute approximate surface area is 124 Å². The van der Waals surface area contributed by atoms with Gasteiger partial charge in [-0.15, -0.1) is 0 Å². The van der Waals surface area contributed by atoms with Crippen LogP contribution in [0.1, 0.15) is 61.7 Å². The topological polar surface area (TPSA) is 57.8 Å². The summed E-state index contributed by atoms with van der Waals surface area (Å²) in [6.45, 7) is 0. The Morgan fingerprint density at radius 2 is 1.90 bits per heavy atom. The summed E-state index contributed by atoms with van der Waals surface area (Å²) < 4.78 is 2.00. The molecule has 2 N–H and O–H groups in total. The standard InChI is InChI=1S/C17H22N2O2/c20-13-5-3-12(4-6-13)17(21)16-14(11-1-2-11)7-8-19-10-18-9-15(16)19/h7-13,17,20-21H,1-6H2/t12-,13-,17?. The molecule has 0 spiro atoms. The van der Waals surface area contributed by atoms with Crippen LogP contribution in [0.2, 0.25) is 0 Å². The predicted molar refractivity (Wildman–Crippen MR) is 80.1 cm³/mol. The first-order chi connectivity index (χ1) is 10.2. The van der Waals surface area contributed by atoms with E-state index in [-0.39, 0.29) is 12.0 Å². The fraction of sp³-hybridized carbons (Fsp3) is 0.588. The third kappa shape index (κ3) is 2.36. The van der Waals surface area contributed by atoms with Gasteiger partial charge < -0.3 is 14.6 Å². The molecule has 0 radical (unpaired) electrons. The minimum Gasteiger partial charge on any atom is -0.393 e. The van der Waals surface area contributed by atoms with Crippen LogP contribution in [0.15, 0.2) is 24.8 Å². The number of fused-ring (bicyclic) bond motifs is 1. The third-order valence-corrected chi connectivity index (χ3v) is 5.17. The Morgan fingerprint density at radius 3 is 2.62 bits per heavy atom. The molecule has 1 unspecified atom stereocenters. The van der Waals surface area contributed by atoms with Crippen molar-refractivity contribution in [1.29, 1.82) is 0 Å². The molecule has 2 aliphatic rings. The van der Waals surface area contributed by atoms with Crippen LogP contribution in [-0.2, 0) is 0 Å². The molecular weight excluding hydrogens is 264 g/mol. The molecule has 2 aromatic rings. The first-order valence-corrected chi connectivity index (χ1v) is 8.04. The largest absolute Gasteiger partial charge is 0.393 e. The van der Waals surface area contributed by atoms with E-state index in [9.17, 15) is 10.2 Å². The summed E-state index contributed by atoms with van der Waals surface area (Å²) in [5, 5.41) is 20.7. The van der Waals surface area contributed by atoms with Crippen LogP contribution in [0.5, 0.6) is 0 Å². The lowest BCUT2D eigenvalue weighted by molar-refractivity contribution is 0.0415. The molecule has 0 saturated heterocycles. The third-order valence-electron chi connectivity index (χ3n) is 5.17. The number of nitrogens with zero attached hydrogens (tertiary/aromatic N) is 2. The van der Waals surface area contributed by atoms with E-state index in [1.807, 2.05) is 10.6 Å². The number of aromatic nitrogens is 2. The van der Waals surface area contributed by atoms with Crippen LogP contribution in [0.4, 0.5) is 0 Å². The fourth-order valence-electron chi connectivity index (χ4n) is 3.76. The number of aliphatic hydroxyl groups is 2. The Morgan fingerprint density at radius 1 is 1.14 bits per heavy atom. The van der Waals surface area contributed by atoms with Gasteiger partial charge in [0.15, 0.2) is 0 Å². The number of aliphatic hydroxyl groups excluding tert-OH is 2. The van der Waals surface area contributed by atoms with Crippen LogP contribution >= 0.6 is 0 Å². The summed E-state index contributed by atoms with van der Waals surface area (Å²) in [6, 6.07) is 2.16. The number of imidazole rings is 1. The summed E-state index contributed by atoms with van der Waals surface area (Å²) in [7, 11) is 0. The predicted octanol–water partition coefficient (Wildman–Crippen LogP) is 2.80. The molecule has 112 valence electrons. The molecule has 4 heteroatoms. The highest BCUT2D eigenvalue weighted by Gasteiger charge is 2.33. The number of hydrogen-bond donors (Lipinski definition) is 2. The summed E-state index contributed by atoms with van der Waals surface area (Å²) in [5.74, 6) is 0.871. The number of hydrogen-bond acceptors (Lipinski definition) is 3. The Balaban J connectivity index is 1.73. The SMILES string of the molecule is OC(c1c(C2CC2)ccn2cncc12)[C@H]1CC[C@H](O)CC1. The van der Waals surface area contributed by atoms with E-state index in [0.717, 1.165) is 36.8 Å². The zero-order valence-corrected chi connectivity index (χ0v) is 12.2. The fourth-order valence-corrected chi connectivity index (χ4v) is 3.76. The molecule has 2 aliphatic carbocycles. The molecule has 2 aromatic heterocycles. The highest BCUT2D eigenvalue weighted by Crippen LogP contribution is 2.46. The van der Waals surface area contributed by atoms with Gasteiger partial charge in [-0.25, -0.2) is 4.98 Å². The van der Waals surface area contributed by atoms with Gasteiger partial charge in [0.25, 0.3) is 0 Å². The monoisotopic (exact) mass is 286 g/mol.